The molecule has 23 heavy (non-hydrogen) atoms. The van der Waals surface area contributed by atoms with E-state index in [1.807, 2.05) is 30.5 Å². The molecule has 1 fully saturated rings. The molecule has 116 valence electrons. The zero-order valence-electron chi connectivity index (χ0n) is 12.9. The second-order valence-corrected chi connectivity index (χ2v) is 5.81. The summed E-state index contributed by atoms with van der Waals surface area (Å²) in [6, 6.07) is 12.1. The van der Waals surface area contributed by atoms with Crippen LogP contribution in [-0.4, -0.2) is 28.0 Å². The first-order valence-corrected chi connectivity index (χ1v) is 8.08. The summed E-state index contributed by atoms with van der Waals surface area (Å²) >= 11 is 0. The van der Waals surface area contributed by atoms with Crippen LogP contribution in [0.2, 0.25) is 0 Å². The molecular formula is C18H19N5. The third-order valence-corrected chi connectivity index (χ3v) is 4.23. The van der Waals surface area contributed by atoms with Gasteiger partial charge in [-0.25, -0.2) is 9.97 Å². The van der Waals surface area contributed by atoms with Gasteiger partial charge in [-0.3, -0.25) is 4.98 Å². The largest absolute Gasteiger partial charge is 0.356 e. The third kappa shape index (κ3) is 2.95. The molecule has 0 aliphatic carbocycles. The van der Waals surface area contributed by atoms with Gasteiger partial charge in [-0.05, 0) is 31.4 Å². The predicted molar refractivity (Wildman–Crippen MR) is 93.1 cm³/mol. The van der Waals surface area contributed by atoms with Crippen molar-refractivity contribution >= 4 is 28.2 Å². The molecule has 1 aromatic carbocycles. The van der Waals surface area contributed by atoms with Crippen molar-refractivity contribution < 1.29 is 0 Å². The molecule has 5 heteroatoms. The van der Waals surface area contributed by atoms with Crippen LogP contribution in [0.4, 0.5) is 17.3 Å². The van der Waals surface area contributed by atoms with Crippen molar-refractivity contribution in [3.63, 3.8) is 0 Å². The Hall–Kier alpha value is -2.69. The maximum absolute atomic E-state index is 4.47. The molecule has 0 amide bonds. The first-order chi connectivity index (χ1) is 11.4. The fourth-order valence-corrected chi connectivity index (χ4v) is 3.05. The molecule has 1 N–H and O–H groups in total. The molecule has 1 aliphatic heterocycles. The van der Waals surface area contributed by atoms with E-state index in [1.54, 1.807) is 6.33 Å². The topological polar surface area (TPSA) is 53.9 Å². The van der Waals surface area contributed by atoms with E-state index in [0.717, 1.165) is 41.3 Å². The number of anilines is 3. The molecule has 1 saturated heterocycles. The zero-order valence-corrected chi connectivity index (χ0v) is 12.9. The van der Waals surface area contributed by atoms with Crippen molar-refractivity contribution in [2.45, 2.75) is 19.3 Å². The highest BCUT2D eigenvalue weighted by Crippen LogP contribution is 2.25. The fourth-order valence-electron chi connectivity index (χ4n) is 3.05. The van der Waals surface area contributed by atoms with Crippen LogP contribution in [0, 0.1) is 0 Å². The summed E-state index contributed by atoms with van der Waals surface area (Å²) in [4.78, 5) is 15.6. The number of fused-ring (bicyclic) bond motifs is 1. The summed E-state index contributed by atoms with van der Waals surface area (Å²) in [6.45, 7) is 2.15. The minimum Gasteiger partial charge on any atom is -0.356 e. The van der Waals surface area contributed by atoms with Crippen LogP contribution in [0.1, 0.15) is 19.3 Å². The summed E-state index contributed by atoms with van der Waals surface area (Å²) < 4.78 is 0. The first-order valence-electron chi connectivity index (χ1n) is 8.08. The molecule has 2 aromatic heterocycles. The molecule has 4 rings (SSSR count). The number of nitrogens with zero attached hydrogens (tertiary/aromatic N) is 4. The van der Waals surface area contributed by atoms with E-state index < -0.39 is 0 Å². The van der Waals surface area contributed by atoms with Gasteiger partial charge >= 0.3 is 0 Å². The third-order valence-electron chi connectivity index (χ3n) is 4.23. The predicted octanol–water partition coefficient (Wildman–Crippen LogP) is 3.76. The second-order valence-electron chi connectivity index (χ2n) is 5.81. The number of hydrogen-bond acceptors (Lipinski definition) is 5. The van der Waals surface area contributed by atoms with Crippen molar-refractivity contribution in [1.82, 2.24) is 15.0 Å². The highest BCUT2D eigenvalue weighted by Gasteiger charge is 2.13. The monoisotopic (exact) mass is 305 g/mol. The van der Waals surface area contributed by atoms with Crippen LogP contribution in [-0.2, 0) is 0 Å². The lowest BCUT2D eigenvalue weighted by Crippen LogP contribution is -2.30. The number of rotatable bonds is 3. The lowest BCUT2D eigenvalue weighted by atomic mass is 10.1. The number of hydrogen-bond donors (Lipinski definition) is 1. The summed E-state index contributed by atoms with van der Waals surface area (Å²) in [6.07, 6.45) is 7.23. The molecule has 3 aromatic rings. The Morgan fingerprint density at radius 1 is 0.913 bits per heavy atom. The Bertz CT molecular complexity index is 806. The minimum absolute atomic E-state index is 0.804. The van der Waals surface area contributed by atoms with Crippen LogP contribution in [0.15, 0.2) is 48.9 Å². The SMILES string of the molecule is c1cnc2c(Nc3cc(N4CCCCC4)ncn3)cccc2c1. The van der Waals surface area contributed by atoms with Gasteiger partial charge in [0.25, 0.3) is 0 Å². The van der Waals surface area contributed by atoms with E-state index in [0.29, 0.717) is 0 Å². The number of piperidine rings is 1. The minimum atomic E-state index is 0.804. The van der Waals surface area contributed by atoms with Crippen molar-refractivity contribution in [2.75, 3.05) is 23.3 Å². The van der Waals surface area contributed by atoms with Crippen LogP contribution in [0.5, 0.6) is 0 Å². The molecule has 0 saturated carbocycles. The van der Waals surface area contributed by atoms with Crippen LogP contribution >= 0.6 is 0 Å². The van der Waals surface area contributed by atoms with Crippen molar-refractivity contribution in [3.8, 4) is 0 Å². The Labute approximate surface area is 135 Å². The average molecular weight is 305 g/mol. The smallest absolute Gasteiger partial charge is 0.135 e. The van der Waals surface area contributed by atoms with Crippen LogP contribution in [0.3, 0.4) is 0 Å². The molecule has 0 unspecified atom stereocenters. The Morgan fingerprint density at radius 3 is 2.70 bits per heavy atom. The van der Waals surface area contributed by atoms with Crippen molar-refractivity contribution in [3.05, 3.63) is 48.9 Å². The van der Waals surface area contributed by atoms with Crippen LogP contribution in [0.25, 0.3) is 10.9 Å². The molecular weight excluding hydrogens is 286 g/mol. The van der Waals surface area contributed by atoms with Gasteiger partial charge in [-0.15, -0.1) is 0 Å². The van der Waals surface area contributed by atoms with Crippen molar-refractivity contribution in [2.24, 2.45) is 0 Å². The number of nitrogens with one attached hydrogen (secondary N) is 1. The van der Waals surface area contributed by atoms with Gasteiger partial charge in [-0.1, -0.05) is 18.2 Å². The van der Waals surface area contributed by atoms with Crippen LogP contribution < -0.4 is 10.2 Å². The molecule has 0 bridgehead atoms. The van der Waals surface area contributed by atoms with Gasteiger partial charge in [0.05, 0.1) is 11.2 Å². The summed E-state index contributed by atoms with van der Waals surface area (Å²) in [5.74, 6) is 1.80. The highest BCUT2D eigenvalue weighted by atomic mass is 15.2. The Balaban J connectivity index is 1.63. The molecule has 3 heterocycles. The van der Waals surface area contributed by atoms with Gasteiger partial charge in [0.1, 0.15) is 18.0 Å². The Morgan fingerprint density at radius 2 is 1.78 bits per heavy atom. The summed E-state index contributed by atoms with van der Waals surface area (Å²) in [7, 11) is 0. The van der Waals surface area contributed by atoms with Gasteiger partial charge < -0.3 is 10.2 Å². The van der Waals surface area contributed by atoms with E-state index in [1.165, 1.54) is 19.3 Å². The number of aromatic nitrogens is 3. The van der Waals surface area contributed by atoms with E-state index in [9.17, 15) is 0 Å². The van der Waals surface area contributed by atoms with Gasteiger partial charge in [0, 0.05) is 30.7 Å². The van der Waals surface area contributed by atoms with Gasteiger partial charge in [0.15, 0.2) is 0 Å². The molecule has 0 atom stereocenters. The maximum atomic E-state index is 4.47. The average Bonchev–Trinajstić information content (AvgIpc) is 2.63. The first kappa shape index (κ1) is 13.9. The number of para-hydroxylation sites is 1. The van der Waals surface area contributed by atoms with E-state index in [-0.39, 0.29) is 0 Å². The molecule has 0 spiro atoms. The lowest BCUT2D eigenvalue weighted by molar-refractivity contribution is 0.573. The molecule has 1 aliphatic rings. The summed E-state index contributed by atoms with van der Waals surface area (Å²) in [5, 5.41) is 4.50. The molecule has 5 nitrogen and oxygen atoms in total. The van der Waals surface area contributed by atoms with E-state index >= 15 is 0 Å². The zero-order chi connectivity index (χ0) is 15.5. The number of pyridine rings is 1. The highest BCUT2D eigenvalue weighted by molar-refractivity contribution is 5.91. The normalized spacial score (nSPS) is 14.9. The van der Waals surface area contributed by atoms with E-state index in [4.69, 9.17) is 0 Å². The second kappa shape index (κ2) is 6.20. The Kier molecular flexibility index (Phi) is 3.76. The standard InChI is InChI=1S/C18H19N5/c1-2-10-23(11-3-1)17-12-16(20-13-21-17)22-15-8-4-6-14-7-5-9-19-18(14)15/h4-9,12-13H,1-3,10-11H2,(H,20,21,22). The quantitative estimate of drug-likeness (QED) is 0.798. The summed E-state index contributed by atoms with van der Waals surface area (Å²) in [5.41, 5.74) is 1.92. The maximum Gasteiger partial charge on any atom is 0.135 e. The number of benzene rings is 1. The van der Waals surface area contributed by atoms with Crippen molar-refractivity contribution in [1.29, 1.82) is 0 Å². The van der Waals surface area contributed by atoms with E-state index in [2.05, 4.69) is 37.3 Å². The van der Waals surface area contributed by atoms with Gasteiger partial charge in [0.2, 0.25) is 0 Å². The van der Waals surface area contributed by atoms with Gasteiger partial charge in [-0.2, -0.15) is 0 Å². The molecule has 0 radical (unpaired) electrons. The lowest BCUT2D eigenvalue weighted by Gasteiger charge is -2.27. The fraction of sp³-hybridized carbons (Fsp3) is 0.278.